The number of nitrogens with zero attached hydrogens (tertiary/aromatic N) is 1. The lowest BCUT2D eigenvalue weighted by molar-refractivity contribution is 0.106. The Hall–Kier alpha value is -1.39. The Morgan fingerprint density at radius 3 is 2.95 bits per heavy atom. The largest absolute Gasteiger partial charge is 0.489 e. The summed E-state index contributed by atoms with van der Waals surface area (Å²) in [5.41, 5.74) is 0.473. The van der Waals surface area contributed by atoms with Gasteiger partial charge in [-0.25, -0.2) is 0 Å². The maximum absolute atomic E-state index is 9.88. The molecular formula is C15H15BrN2O2S. The van der Waals surface area contributed by atoms with Crippen LogP contribution in [0, 0.1) is 11.3 Å². The summed E-state index contributed by atoms with van der Waals surface area (Å²) < 4.78 is 6.55. The normalized spacial score (nSPS) is 11.9. The van der Waals surface area contributed by atoms with Gasteiger partial charge in [0, 0.05) is 27.8 Å². The van der Waals surface area contributed by atoms with Crippen molar-refractivity contribution in [3.8, 4) is 11.8 Å². The van der Waals surface area contributed by atoms with Crippen molar-refractivity contribution in [3.05, 3.63) is 50.6 Å². The molecule has 2 N–H and O–H groups in total. The fraction of sp³-hybridized carbons (Fsp3) is 0.267. The fourth-order valence-electron chi connectivity index (χ4n) is 1.74. The third-order valence-corrected chi connectivity index (χ3v) is 4.44. The Kier molecular flexibility index (Phi) is 6.21. The molecule has 6 heteroatoms. The number of thiophene rings is 1. The molecule has 0 saturated carbocycles. The quantitative estimate of drug-likeness (QED) is 0.790. The van der Waals surface area contributed by atoms with Gasteiger partial charge in [0.1, 0.15) is 24.5 Å². The molecule has 0 aliphatic rings. The Morgan fingerprint density at radius 2 is 2.24 bits per heavy atom. The Labute approximate surface area is 136 Å². The first-order chi connectivity index (χ1) is 10.2. The molecule has 1 atom stereocenters. The lowest BCUT2D eigenvalue weighted by Crippen LogP contribution is -2.31. The number of halogens is 1. The topological polar surface area (TPSA) is 65.3 Å². The van der Waals surface area contributed by atoms with Crippen molar-refractivity contribution in [2.24, 2.45) is 0 Å². The molecule has 21 heavy (non-hydrogen) atoms. The van der Waals surface area contributed by atoms with Gasteiger partial charge in [-0.2, -0.15) is 5.26 Å². The third kappa shape index (κ3) is 5.14. The van der Waals surface area contributed by atoms with E-state index in [1.165, 1.54) is 4.88 Å². The molecule has 0 bridgehead atoms. The zero-order chi connectivity index (χ0) is 15.1. The number of hydrogen-bond donors (Lipinski definition) is 2. The number of aliphatic hydroxyl groups excluding tert-OH is 1. The van der Waals surface area contributed by atoms with Crippen LogP contribution in [0.15, 0.2) is 40.2 Å². The highest BCUT2D eigenvalue weighted by atomic mass is 79.9. The van der Waals surface area contributed by atoms with E-state index in [2.05, 4.69) is 27.3 Å². The second-order valence-electron chi connectivity index (χ2n) is 4.43. The standard InChI is InChI=1S/C15H15BrN2O2S/c16-12-5-14(21-10-12)8-18-7-13(19)9-20-15-4-2-1-3-11(15)6-17/h1-5,10,13,18-19H,7-9H2. The van der Waals surface area contributed by atoms with E-state index in [0.29, 0.717) is 24.4 Å². The minimum atomic E-state index is -0.625. The molecule has 0 aliphatic carbocycles. The van der Waals surface area contributed by atoms with Crippen molar-refractivity contribution < 1.29 is 9.84 Å². The average Bonchev–Trinajstić information content (AvgIpc) is 2.91. The van der Waals surface area contributed by atoms with E-state index in [1.54, 1.807) is 35.6 Å². The second kappa shape index (κ2) is 8.15. The van der Waals surface area contributed by atoms with E-state index >= 15 is 0 Å². The SMILES string of the molecule is N#Cc1ccccc1OCC(O)CNCc1cc(Br)cs1. The van der Waals surface area contributed by atoms with E-state index in [9.17, 15) is 5.11 Å². The molecule has 1 heterocycles. The monoisotopic (exact) mass is 366 g/mol. The van der Waals surface area contributed by atoms with Crippen LogP contribution in [0.1, 0.15) is 10.4 Å². The first kappa shape index (κ1) is 16.0. The summed E-state index contributed by atoms with van der Waals surface area (Å²) in [7, 11) is 0. The molecule has 2 rings (SSSR count). The molecule has 0 saturated heterocycles. The minimum Gasteiger partial charge on any atom is -0.489 e. The fourth-order valence-corrected chi connectivity index (χ4v) is 3.16. The van der Waals surface area contributed by atoms with Crippen LogP contribution in [-0.4, -0.2) is 24.4 Å². The summed E-state index contributed by atoms with van der Waals surface area (Å²) in [5.74, 6) is 0.501. The summed E-state index contributed by atoms with van der Waals surface area (Å²) in [6.45, 7) is 1.30. The molecule has 0 aliphatic heterocycles. The van der Waals surface area contributed by atoms with E-state index in [0.717, 1.165) is 4.47 Å². The third-order valence-electron chi connectivity index (χ3n) is 2.74. The van der Waals surface area contributed by atoms with E-state index in [4.69, 9.17) is 10.00 Å². The summed E-state index contributed by atoms with van der Waals surface area (Å²) >= 11 is 5.06. The van der Waals surface area contributed by atoms with Crippen LogP contribution >= 0.6 is 27.3 Å². The molecule has 4 nitrogen and oxygen atoms in total. The van der Waals surface area contributed by atoms with Crippen molar-refractivity contribution in [3.63, 3.8) is 0 Å². The first-order valence-corrected chi connectivity index (χ1v) is 8.10. The number of aliphatic hydroxyl groups is 1. The zero-order valence-corrected chi connectivity index (χ0v) is 13.7. The van der Waals surface area contributed by atoms with Gasteiger partial charge < -0.3 is 15.2 Å². The minimum absolute atomic E-state index is 0.153. The average molecular weight is 367 g/mol. The van der Waals surface area contributed by atoms with Crippen molar-refractivity contribution in [2.45, 2.75) is 12.6 Å². The lowest BCUT2D eigenvalue weighted by atomic mass is 10.2. The molecular weight excluding hydrogens is 352 g/mol. The first-order valence-electron chi connectivity index (χ1n) is 6.42. The van der Waals surface area contributed by atoms with Gasteiger partial charge in [0.05, 0.1) is 5.56 Å². The van der Waals surface area contributed by atoms with Crippen LogP contribution in [0.4, 0.5) is 0 Å². The van der Waals surface area contributed by atoms with Crippen molar-refractivity contribution >= 4 is 27.3 Å². The molecule has 1 aromatic heterocycles. The Balaban J connectivity index is 1.72. The van der Waals surface area contributed by atoms with Crippen LogP contribution < -0.4 is 10.1 Å². The molecule has 0 fully saturated rings. The molecule has 110 valence electrons. The number of nitriles is 1. The highest BCUT2D eigenvalue weighted by Gasteiger charge is 2.08. The van der Waals surface area contributed by atoms with Crippen LogP contribution in [0.3, 0.4) is 0 Å². The maximum atomic E-state index is 9.88. The van der Waals surface area contributed by atoms with Gasteiger partial charge in [0.25, 0.3) is 0 Å². The van der Waals surface area contributed by atoms with E-state index in [1.807, 2.05) is 11.4 Å². The molecule has 0 amide bonds. The van der Waals surface area contributed by atoms with Crippen LogP contribution in [-0.2, 0) is 6.54 Å². The van der Waals surface area contributed by atoms with Gasteiger partial charge in [-0.15, -0.1) is 11.3 Å². The second-order valence-corrected chi connectivity index (χ2v) is 6.35. The van der Waals surface area contributed by atoms with Crippen LogP contribution in [0.5, 0.6) is 5.75 Å². The predicted octanol–water partition coefficient (Wildman–Crippen LogP) is 2.91. The maximum Gasteiger partial charge on any atom is 0.137 e. The van der Waals surface area contributed by atoms with Gasteiger partial charge in [0.2, 0.25) is 0 Å². The number of para-hydroxylation sites is 1. The number of benzene rings is 1. The highest BCUT2D eigenvalue weighted by Crippen LogP contribution is 2.19. The summed E-state index contributed by atoms with van der Waals surface area (Å²) in [5, 5.41) is 24.0. The Morgan fingerprint density at radius 1 is 1.43 bits per heavy atom. The van der Waals surface area contributed by atoms with Crippen molar-refractivity contribution in [1.82, 2.24) is 5.32 Å². The number of hydrogen-bond acceptors (Lipinski definition) is 5. The summed E-state index contributed by atoms with van der Waals surface area (Å²) in [6, 6.07) is 11.1. The van der Waals surface area contributed by atoms with Crippen LogP contribution in [0.2, 0.25) is 0 Å². The van der Waals surface area contributed by atoms with Gasteiger partial charge in [-0.3, -0.25) is 0 Å². The lowest BCUT2D eigenvalue weighted by Gasteiger charge is -2.13. The van der Waals surface area contributed by atoms with Gasteiger partial charge in [-0.1, -0.05) is 12.1 Å². The number of ether oxygens (including phenoxy) is 1. The Bertz CT molecular complexity index is 624. The molecule has 0 radical (unpaired) electrons. The molecule has 2 aromatic rings. The summed E-state index contributed by atoms with van der Waals surface area (Å²) in [4.78, 5) is 1.20. The van der Waals surface area contributed by atoms with Crippen molar-refractivity contribution in [2.75, 3.05) is 13.2 Å². The van der Waals surface area contributed by atoms with E-state index < -0.39 is 6.10 Å². The van der Waals surface area contributed by atoms with Crippen molar-refractivity contribution in [1.29, 1.82) is 5.26 Å². The van der Waals surface area contributed by atoms with Gasteiger partial charge in [-0.05, 0) is 34.1 Å². The smallest absolute Gasteiger partial charge is 0.137 e. The van der Waals surface area contributed by atoms with Gasteiger partial charge in [0.15, 0.2) is 0 Å². The predicted molar refractivity (Wildman–Crippen MR) is 86.4 cm³/mol. The zero-order valence-electron chi connectivity index (χ0n) is 11.3. The number of rotatable bonds is 7. The molecule has 0 spiro atoms. The van der Waals surface area contributed by atoms with Crippen LogP contribution in [0.25, 0.3) is 0 Å². The molecule has 1 unspecified atom stereocenters. The summed E-state index contributed by atoms with van der Waals surface area (Å²) in [6.07, 6.45) is -0.625. The highest BCUT2D eigenvalue weighted by molar-refractivity contribution is 9.10. The van der Waals surface area contributed by atoms with E-state index in [-0.39, 0.29) is 6.61 Å². The number of nitrogens with one attached hydrogen (secondary N) is 1. The van der Waals surface area contributed by atoms with Gasteiger partial charge >= 0.3 is 0 Å². The molecule has 1 aromatic carbocycles.